The molecule has 1 aliphatic heterocycles. The first kappa shape index (κ1) is 13.6. The molecule has 0 spiro atoms. The minimum atomic E-state index is 0.305. The van der Waals surface area contributed by atoms with Gasteiger partial charge in [0.05, 0.1) is 0 Å². The van der Waals surface area contributed by atoms with E-state index in [0.717, 1.165) is 13.1 Å². The van der Waals surface area contributed by atoms with E-state index >= 15 is 0 Å². The second kappa shape index (κ2) is 5.55. The van der Waals surface area contributed by atoms with Gasteiger partial charge in [-0.15, -0.1) is 0 Å². The van der Waals surface area contributed by atoms with Gasteiger partial charge in [0.25, 0.3) is 0 Å². The highest BCUT2D eigenvalue weighted by Crippen LogP contribution is 2.32. The Hall–Kier alpha value is -1.38. The van der Waals surface area contributed by atoms with Gasteiger partial charge in [-0.25, -0.2) is 0 Å². The van der Waals surface area contributed by atoms with Crippen molar-refractivity contribution in [1.29, 1.82) is 0 Å². The lowest BCUT2D eigenvalue weighted by Crippen LogP contribution is -2.31. The summed E-state index contributed by atoms with van der Waals surface area (Å²) in [5.74, 6) is 0.646. The van der Waals surface area contributed by atoms with Gasteiger partial charge in [0.1, 0.15) is 0 Å². The first-order chi connectivity index (χ1) is 9.66. The highest BCUT2D eigenvalue weighted by Gasteiger charge is 2.29. The second-order valence-electron chi connectivity index (χ2n) is 6.15. The molecule has 1 aliphatic rings. The van der Waals surface area contributed by atoms with Crippen LogP contribution in [0.2, 0.25) is 0 Å². The summed E-state index contributed by atoms with van der Waals surface area (Å²) in [6.07, 6.45) is 1.23. The summed E-state index contributed by atoms with van der Waals surface area (Å²) in [4.78, 5) is 2.58. The number of benzene rings is 2. The number of fused-ring (bicyclic) bond motifs is 1. The van der Waals surface area contributed by atoms with Gasteiger partial charge in [0.15, 0.2) is 0 Å². The first-order valence-corrected chi connectivity index (χ1v) is 7.64. The van der Waals surface area contributed by atoms with E-state index in [9.17, 15) is 0 Å². The Morgan fingerprint density at radius 3 is 2.60 bits per heavy atom. The lowest BCUT2D eigenvalue weighted by Gasteiger charge is -2.26. The van der Waals surface area contributed by atoms with Gasteiger partial charge >= 0.3 is 0 Å². The van der Waals surface area contributed by atoms with Crippen LogP contribution in [0.4, 0.5) is 0 Å². The van der Waals surface area contributed by atoms with E-state index in [4.69, 9.17) is 5.73 Å². The second-order valence-corrected chi connectivity index (χ2v) is 6.15. The normalized spacial score (nSPS) is 23.1. The lowest BCUT2D eigenvalue weighted by molar-refractivity contribution is 0.249. The van der Waals surface area contributed by atoms with Crippen LogP contribution in [0.3, 0.4) is 0 Å². The quantitative estimate of drug-likeness (QED) is 0.922. The average Bonchev–Trinajstić information content (AvgIpc) is 2.96. The van der Waals surface area contributed by atoms with E-state index in [1.54, 1.807) is 0 Å². The average molecular weight is 268 g/mol. The van der Waals surface area contributed by atoms with Gasteiger partial charge in [0.2, 0.25) is 0 Å². The molecule has 1 fully saturated rings. The molecule has 20 heavy (non-hydrogen) atoms. The number of nitrogens with zero attached hydrogens (tertiary/aromatic N) is 1. The molecule has 2 N–H and O–H groups in total. The van der Waals surface area contributed by atoms with Gasteiger partial charge < -0.3 is 5.73 Å². The van der Waals surface area contributed by atoms with Crippen molar-refractivity contribution >= 4 is 10.8 Å². The van der Waals surface area contributed by atoms with Crippen LogP contribution >= 0.6 is 0 Å². The third kappa shape index (κ3) is 2.46. The summed E-state index contributed by atoms with van der Waals surface area (Å²) in [7, 11) is 0. The van der Waals surface area contributed by atoms with Crippen LogP contribution in [0.15, 0.2) is 42.5 Å². The predicted octanol–water partition coefficient (Wildman–Crippen LogP) is 3.57. The predicted molar refractivity (Wildman–Crippen MR) is 85.7 cm³/mol. The molecular weight excluding hydrogens is 244 g/mol. The molecule has 0 aromatic heterocycles. The van der Waals surface area contributed by atoms with Crippen LogP contribution in [0, 0.1) is 5.92 Å². The summed E-state index contributed by atoms with van der Waals surface area (Å²) >= 11 is 0. The maximum atomic E-state index is 6.06. The largest absolute Gasteiger partial charge is 0.328 e. The molecule has 3 rings (SSSR count). The Bertz CT molecular complexity index is 585. The van der Waals surface area contributed by atoms with Gasteiger partial charge in [-0.2, -0.15) is 0 Å². The summed E-state index contributed by atoms with van der Waals surface area (Å²) in [6, 6.07) is 16.1. The zero-order valence-electron chi connectivity index (χ0n) is 12.4. The molecule has 0 saturated carbocycles. The number of rotatable bonds is 3. The Morgan fingerprint density at radius 2 is 1.85 bits per heavy atom. The minimum absolute atomic E-state index is 0.305. The maximum Gasteiger partial charge on any atom is 0.0326 e. The summed E-state index contributed by atoms with van der Waals surface area (Å²) in [6.45, 7) is 6.75. The van der Waals surface area contributed by atoms with Gasteiger partial charge in [-0.05, 0) is 49.1 Å². The number of hydrogen-bond donors (Lipinski definition) is 1. The van der Waals surface area contributed by atoms with Crippen molar-refractivity contribution in [2.75, 3.05) is 13.1 Å². The van der Waals surface area contributed by atoms with Crippen LogP contribution in [-0.4, -0.2) is 24.0 Å². The Kier molecular flexibility index (Phi) is 3.77. The van der Waals surface area contributed by atoms with Crippen LogP contribution < -0.4 is 5.73 Å². The fourth-order valence-corrected chi connectivity index (χ4v) is 3.41. The van der Waals surface area contributed by atoms with E-state index in [1.165, 1.54) is 22.8 Å². The molecule has 2 aromatic rings. The van der Waals surface area contributed by atoms with Crippen LogP contribution in [0.1, 0.15) is 31.9 Å². The third-order valence-electron chi connectivity index (χ3n) is 4.82. The number of hydrogen-bond acceptors (Lipinski definition) is 2. The molecule has 0 aliphatic carbocycles. The smallest absolute Gasteiger partial charge is 0.0326 e. The van der Waals surface area contributed by atoms with Crippen LogP contribution in [-0.2, 0) is 0 Å². The molecule has 2 nitrogen and oxygen atoms in total. The molecule has 2 heteroatoms. The van der Waals surface area contributed by atoms with Crippen LogP contribution in [0.5, 0.6) is 0 Å². The number of likely N-dealkylation sites (tertiary alicyclic amines) is 1. The van der Waals surface area contributed by atoms with Crippen molar-refractivity contribution < 1.29 is 0 Å². The van der Waals surface area contributed by atoms with Crippen molar-refractivity contribution in [2.45, 2.75) is 32.4 Å². The Balaban J connectivity index is 1.88. The van der Waals surface area contributed by atoms with E-state index < -0.39 is 0 Å². The standard InChI is InChI=1S/C18H24N2/c1-13(19)16-10-11-20(12-16)14(2)17-9-5-7-15-6-3-4-8-18(15)17/h3-9,13-14,16H,10-12,19H2,1-2H3. The Labute approximate surface area is 121 Å². The van der Waals surface area contributed by atoms with E-state index in [0.29, 0.717) is 18.0 Å². The molecule has 0 bridgehead atoms. The molecule has 0 radical (unpaired) electrons. The van der Waals surface area contributed by atoms with E-state index in [2.05, 4.69) is 61.2 Å². The minimum Gasteiger partial charge on any atom is -0.328 e. The molecule has 3 atom stereocenters. The van der Waals surface area contributed by atoms with E-state index in [-0.39, 0.29) is 0 Å². The summed E-state index contributed by atoms with van der Waals surface area (Å²) in [5.41, 5.74) is 7.50. The van der Waals surface area contributed by atoms with Gasteiger partial charge in [-0.1, -0.05) is 42.5 Å². The molecule has 1 saturated heterocycles. The molecule has 2 aromatic carbocycles. The molecule has 0 amide bonds. The number of nitrogens with two attached hydrogens (primary N) is 1. The summed E-state index contributed by atoms with van der Waals surface area (Å²) < 4.78 is 0. The van der Waals surface area contributed by atoms with E-state index in [1.807, 2.05) is 0 Å². The zero-order valence-corrected chi connectivity index (χ0v) is 12.4. The third-order valence-corrected chi connectivity index (χ3v) is 4.82. The fourth-order valence-electron chi connectivity index (χ4n) is 3.41. The molecule has 106 valence electrons. The SMILES string of the molecule is CC(N)C1CCN(C(C)c2cccc3ccccc23)C1. The highest BCUT2D eigenvalue weighted by molar-refractivity contribution is 5.86. The lowest BCUT2D eigenvalue weighted by atomic mass is 9.98. The van der Waals surface area contributed by atoms with Crippen molar-refractivity contribution in [3.63, 3.8) is 0 Å². The Morgan fingerprint density at radius 1 is 1.10 bits per heavy atom. The monoisotopic (exact) mass is 268 g/mol. The van der Waals surface area contributed by atoms with Gasteiger partial charge in [0, 0.05) is 18.6 Å². The molecular formula is C18H24N2. The molecule has 3 unspecified atom stereocenters. The topological polar surface area (TPSA) is 29.3 Å². The maximum absolute atomic E-state index is 6.06. The molecule has 1 heterocycles. The van der Waals surface area contributed by atoms with Gasteiger partial charge in [-0.3, -0.25) is 4.90 Å². The highest BCUT2D eigenvalue weighted by atomic mass is 15.2. The van der Waals surface area contributed by atoms with Crippen molar-refractivity contribution in [3.05, 3.63) is 48.0 Å². The zero-order chi connectivity index (χ0) is 14.1. The summed E-state index contributed by atoms with van der Waals surface area (Å²) in [5, 5.41) is 2.71. The first-order valence-electron chi connectivity index (χ1n) is 7.64. The van der Waals surface area contributed by atoms with Crippen molar-refractivity contribution in [3.8, 4) is 0 Å². The fraction of sp³-hybridized carbons (Fsp3) is 0.444. The van der Waals surface area contributed by atoms with Crippen molar-refractivity contribution in [2.24, 2.45) is 11.7 Å². The van der Waals surface area contributed by atoms with Crippen molar-refractivity contribution in [1.82, 2.24) is 4.90 Å². The van der Waals surface area contributed by atoms with Crippen LogP contribution in [0.25, 0.3) is 10.8 Å².